The molecular weight excluding hydrogens is 457 g/mol. The number of carbonyl (C=O) groups excluding carboxylic acids is 1. The smallest absolute Gasteiger partial charge is 0.262 e. The van der Waals surface area contributed by atoms with Crippen LogP contribution < -0.4 is 10.1 Å². The lowest BCUT2D eigenvalue weighted by Crippen LogP contribution is -2.20. The van der Waals surface area contributed by atoms with Crippen LogP contribution in [0.15, 0.2) is 39.3 Å². The molecule has 0 fully saturated rings. The van der Waals surface area contributed by atoms with Crippen LogP contribution in [0.25, 0.3) is 0 Å². The fourth-order valence-corrected chi connectivity index (χ4v) is 3.61. The average molecular weight is 468 g/mol. The first kappa shape index (κ1) is 17.6. The van der Waals surface area contributed by atoms with Gasteiger partial charge in [-0.1, -0.05) is 23.2 Å². The van der Waals surface area contributed by atoms with Crippen molar-refractivity contribution in [3.05, 3.63) is 54.9 Å². The van der Waals surface area contributed by atoms with Crippen molar-refractivity contribution in [1.82, 2.24) is 0 Å². The van der Waals surface area contributed by atoms with Gasteiger partial charge in [-0.15, -0.1) is 0 Å². The Labute approximate surface area is 155 Å². The van der Waals surface area contributed by atoms with Crippen LogP contribution in [-0.2, 0) is 4.79 Å². The molecule has 0 saturated heterocycles. The van der Waals surface area contributed by atoms with Gasteiger partial charge in [0.25, 0.3) is 5.91 Å². The Balaban J connectivity index is 2.00. The van der Waals surface area contributed by atoms with Crippen LogP contribution in [0.3, 0.4) is 0 Å². The van der Waals surface area contributed by atoms with E-state index in [-0.39, 0.29) is 12.5 Å². The van der Waals surface area contributed by atoms with Crippen molar-refractivity contribution in [2.45, 2.75) is 6.92 Å². The van der Waals surface area contributed by atoms with Crippen molar-refractivity contribution in [3.8, 4) is 5.75 Å². The van der Waals surface area contributed by atoms with E-state index in [1.165, 1.54) is 0 Å². The first-order valence-corrected chi connectivity index (χ1v) is 8.54. The minimum atomic E-state index is -0.281. The summed E-state index contributed by atoms with van der Waals surface area (Å²) < 4.78 is 6.98. The van der Waals surface area contributed by atoms with E-state index in [9.17, 15) is 4.79 Å². The highest BCUT2D eigenvalue weighted by Crippen LogP contribution is 2.32. The van der Waals surface area contributed by atoms with E-state index >= 15 is 0 Å². The molecule has 0 bridgehead atoms. The van der Waals surface area contributed by atoms with E-state index in [2.05, 4.69) is 37.2 Å². The molecule has 7 heteroatoms. The summed E-state index contributed by atoms with van der Waals surface area (Å²) in [5.74, 6) is 0.197. The third-order valence-corrected chi connectivity index (χ3v) is 4.70. The van der Waals surface area contributed by atoms with Crippen LogP contribution in [-0.4, -0.2) is 12.5 Å². The molecule has 0 aliphatic heterocycles. The monoisotopic (exact) mass is 465 g/mol. The van der Waals surface area contributed by atoms with E-state index in [1.807, 2.05) is 19.1 Å². The summed E-state index contributed by atoms with van der Waals surface area (Å²) >= 11 is 18.6. The van der Waals surface area contributed by atoms with Gasteiger partial charge < -0.3 is 10.1 Å². The van der Waals surface area contributed by atoms with Gasteiger partial charge in [-0.05, 0) is 68.6 Å². The maximum Gasteiger partial charge on any atom is 0.262 e. The van der Waals surface area contributed by atoms with Crippen LogP contribution in [0.4, 0.5) is 5.69 Å². The molecule has 0 unspecified atom stereocenters. The zero-order valence-electron chi connectivity index (χ0n) is 11.4. The summed E-state index contributed by atoms with van der Waals surface area (Å²) in [6, 6.07) is 8.67. The summed E-state index contributed by atoms with van der Waals surface area (Å²) in [6.45, 7) is 1.83. The van der Waals surface area contributed by atoms with Crippen molar-refractivity contribution in [1.29, 1.82) is 0 Å². The molecule has 0 spiro atoms. The number of aryl methyl sites for hydroxylation is 1. The minimum absolute atomic E-state index is 0.134. The normalized spacial score (nSPS) is 10.4. The third kappa shape index (κ3) is 4.62. The third-order valence-electron chi connectivity index (χ3n) is 2.71. The summed E-state index contributed by atoms with van der Waals surface area (Å²) in [5, 5.41) is 3.60. The maximum absolute atomic E-state index is 12.0. The number of nitrogens with one attached hydrogen (secondary N) is 1. The van der Waals surface area contributed by atoms with Crippen LogP contribution >= 0.6 is 55.1 Å². The van der Waals surface area contributed by atoms with Gasteiger partial charge in [0.2, 0.25) is 0 Å². The number of carbonyl (C=O) groups is 1. The lowest BCUT2D eigenvalue weighted by molar-refractivity contribution is -0.118. The molecule has 1 N–H and O–H groups in total. The molecule has 0 atom stereocenters. The Kier molecular flexibility index (Phi) is 6.15. The molecule has 0 radical (unpaired) electrons. The molecular formula is C15H11Br2Cl2NO2. The Morgan fingerprint density at radius 2 is 1.77 bits per heavy atom. The van der Waals surface area contributed by atoms with Crippen LogP contribution in [0.2, 0.25) is 10.0 Å². The molecule has 0 aliphatic rings. The highest BCUT2D eigenvalue weighted by Gasteiger charge is 2.11. The largest absolute Gasteiger partial charge is 0.484 e. The predicted molar refractivity (Wildman–Crippen MR) is 97.2 cm³/mol. The van der Waals surface area contributed by atoms with Gasteiger partial charge in [-0.25, -0.2) is 0 Å². The van der Waals surface area contributed by atoms with Crippen LogP contribution in [0.5, 0.6) is 5.75 Å². The van der Waals surface area contributed by atoms with Gasteiger partial charge in [-0.2, -0.15) is 0 Å². The molecule has 22 heavy (non-hydrogen) atoms. The number of ether oxygens (including phenoxy) is 1. The average Bonchev–Trinajstić information content (AvgIpc) is 2.44. The number of halogens is 4. The van der Waals surface area contributed by atoms with E-state index < -0.39 is 0 Å². The van der Waals surface area contributed by atoms with Gasteiger partial charge in [0.1, 0.15) is 5.75 Å². The van der Waals surface area contributed by atoms with E-state index in [0.717, 1.165) is 14.5 Å². The molecule has 0 saturated carbocycles. The Hall–Kier alpha value is -0.750. The molecule has 3 nitrogen and oxygen atoms in total. The zero-order chi connectivity index (χ0) is 16.3. The predicted octanol–water partition coefficient (Wildman–Crippen LogP) is 5.84. The molecule has 2 rings (SSSR count). The van der Waals surface area contributed by atoms with E-state index in [4.69, 9.17) is 27.9 Å². The highest BCUT2D eigenvalue weighted by atomic mass is 79.9. The number of hydrogen-bond donors (Lipinski definition) is 1. The van der Waals surface area contributed by atoms with E-state index in [1.54, 1.807) is 18.2 Å². The topological polar surface area (TPSA) is 38.3 Å². The summed E-state index contributed by atoms with van der Waals surface area (Å²) in [7, 11) is 0. The first-order valence-electron chi connectivity index (χ1n) is 6.20. The molecule has 0 aromatic heterocycles. The van der Waals surface area contributed by atoms with Crippen LogP contribution in [0.1, 0.15) is 5.56 Å². The van der Waals surface area contributed by atoms with Crippen LogP contribution in [0, 0.1) is 6.92 Å². The number of anilines is 1. The first-order chi connectivity index (χ1) is 10.4. The second-order valence-electron chi connectivity index (χ2n) is 4.52. The van der Waals surface area contributed by atoms with Gasteiger partial charge in [0.05, 0.1) is 15.7 Å². The number of amides is 1. The van der Waals surface area contributed by atoms with Gasteiger partial charge in [0, 0.05) is 15.0 Å². The summed E-state index contributed by atoms with van der Waals surface area (Å²) in [5.41, 5.74) is 1.73. The van der Waals surface area contributed by atoms with Gasteiger partial charge in [-0.3, -0.25) is 4.79 Å². The quantitative estimate of drug-likeness (QED) is 0.613. The lowest BCUT2D eigenvalue weighted by Gasteiger charge is -2.12. The second-order valence-corrected chi connectivity index (χ2v) is 7.04. The standard InChI is InChI=1S/C15H11Br2Cl2NO2/c1-8-4-10(16)15(11(17)5-8)20-14(21)7-22-9-2-3-12(18)13(19)6-9/h2-6H,7H2,1H3,(H,20,21). The molecule has 116 valence electrons. The fourth-order valence-electron chi connectivity index (χ4n) is 1.71. The molecule has 1 amide bonds. The molecule has 0 heterocycles. The summed E-state index contributed by atoms with van der Waals surface area (Å²) in [6.07, 6.45) is 0. The lowest BCUT2D eigenvalue weighted by atomic mass is 10.2. The van der Waals surface area contributed by atoms with Crippen molar-refractivity contribution >= 4 is 66.7 Å². The SMILES string of the molecule is Cc1cc(Br)c(NC(=O)COc2ccc(Cl)c(Cl)c2)c(Br)c1. The maximum atomic E-state index is 12.0. The molecule has 0 aliphatic carbocycles. The minimum Gasteiger partial charge on any atom is -0.484 e. The molecule has 2 aromatic rings. The number of rotatable bonds is 4. The highest BCUT2D eigenvalue weighted by molar-refractivity contribution is 9.11. The summed E-state index contributed by atoms with van der Waals surface area (Å²) in [4.78, 5) is 12.0. The second kappa shape index (κ2) is 7.68. The van der Waals surface area contributed by atoms with Crippen molar-refractivity contribution < 1.29 is 9.53 Å². The Morgan fingerprint density at radius 3 is 2.36 bits per heavy atom. The van der Waals surface area contributed by atoms with Crippen molar-refractivity contribution in [3.63, 3.8) is 0 Å². The Morgan fingerprint density at radius 1 is 1.14 bits per heavy atom. The van der Waals surface area contributed by atoms with Crippen molar-refractivity contribution in [2.75, 3.05) is 11.9 Å². The van der Waals surface area contributed by atoms with Gasteiger partial charge >= 0.3 is 0 Å². The molecule has 2 aromatic carbocycles. The van der Waals surface area contributed by atoms with Gasteiger partial charge in [0.15, 0.2) is 6.61 Å². The van der Waals surface area contributed by atoms with E-state index in [0.29, 0.717) is 21.5 Å². The number of benzene rings is 2. The van der Waals surface area contributed by atoms with Crippen molar-refractivity contribution in [2.24, 2.45) is 0 Å². The fraction of sp³-hybridized carbons (Fsp3) is 0.133. The number of hydrogen-bond acceptors (Lipinski definition) is 2. The Bertz CT molecular complexity index is 700. The zero-order valence-corrected chi connectivity index (χ0v) is 16.1.